The second kappa shape index (κ2) is 7.64. The standard InChI is InChI=1S/C22H27N5O/c1-3-19-24-17-11-7-8-12-18(17)27(19)14-13-20-25-26-21(28-20)22(2,23)15-16-9-5-4-6-10-16/h4-12,21,26H,3,13-15,23H2,1-2H3/t21?,22-/m1/s1. The highest BCUT2D eigenvalue weighted by Crippen LogP contribution is 2.21. The van der Waals surface area contributed by atoms with Gasteiger partial charge in [0.05, 0.1) is 16.6 Å². The van der Waals surface area contributed by atoms with Gasteiger partial charge in [-0.25, -0.2) is 4.98 Å². The number of nitrogens with one attached hydrogen (secondary N) is 1. The molecule has 1 unspecified atom stereocenters. The first-order valence-electron chi connectivity index (χ1n) is 9.82. The highest BCUT2D eigenvalue weighted by Gasteiger charge is 2.36. The Balaban J connectivity index is 1.40. The largest absolute Gasteiger partial charge is 0.452 e. The minimum Gasteiger partial charge on any atom is -0.452 e. The Morgan fingerprint density at radius 1 is 1.14 bits per heavy atom. The average Bonchev–Trinajstić information content (AvgIpc) is 3.31. The maximum atomic E-state index is 6.55. The number of benzene rings is 2. The van der Waals surface area contributed by atoms with E-state index < -0.39 is 5.54 Å². The van der Waals surface area contributed by atoms with E-state index in [0.29, 0.717) is 18.7 Å². The third kappa shape index (κ3) is 3.73. The van der Waals surface area contributed by atoms with Gasteiger partial charge in [0.2, 0.25) is 12.1 Å². The number of fused-ring (bicyclic) bond motifs is 1. The van der Waals surface area contributed by atoms with Gasteiger partial charge in [0.1, 0.15) is 5.82 Å². The summed E-state index contributed by atoms with van der Waals surface area (Å²) in [6, 6.07) is 18.4. The fraction of sp³-hybridized carbons (Fsp3) is 0.364. The molecule has 1 aliphatic rings. The molecular weight excluding hydrogens is 350 g/mol. The van der Waals surface area contributed by atoms with Crippen molar-refractivity contribution in [2.75, 3.05) is 0 Å². The van der Waals surface area contributed by atoms with Gasteiger partial charge in [0.25, 0.3) is 0 Å². The topological polar surface area (TPSA) is 77.5 Å². The average molecular weight is 377 g/mol. The third-order valence-corrected chi connectivity index (χ3v) is 5.19. The molecule has 0 saturated carbocycles. The van der Waals surface area contributed by atoms with Crippen molar-refractivity contribution in [3.05, 3.63) is 66.0 Å². The van der Waals surface area contributed by atoms with Crippen LogP contribution in [0.25, 0.3) is 11.0 Å². The smallest absolute Gasteiger partial charge is 0.209 e. The molecule has 0 bridgehead atoms. The number of imidazole rings is 1. The molecule has 1 aromatic heterocycles. The SMILES string of the molecule is CCc1nc2ccccc2n1CCC1=NNC([C@](C)(N)Cc2ccccc2)O1. The molecule has 3 aromatic rings. The van der Waals surface area contributed by atoms with E-state index in [9.17, 15) is 0 Å². The van der Waals surface area contributed by atoms with Gasteiger partial charge in [-0.2, -0.15) is 0 Å². The van der Waals surface area contributed by atoms with Gasteiger partial charge in [0.15, 0.2) is 0 Å². The zero-order chi connectivity index (χ0) is 19.6. The van der Waals surface area contributed by atoms with Crippen molar-refractivity contribution in [2.24, 2.45) is 10.8 Å². The van der Waals surface area contributed by atoms with Crippen LogP contribution in [-0.2, 0) is 24.1 Å². The van der Waals surface area contributed by atoms with Crippen molar-refractivity contribution < 1.29 is 4.74 Å². The van der Waals surface area contributed by atoms with Crippen LogP contribution in [0.4, 0.5) is 0 Å². The van der Waals surface area contributed by atoms with E-state index in [1.54, 1.807) is 0 Å². The predicted molar refractivity (Wildman–Crippen MR) is 112 cm³/mol. The van der Waals surface area contributed by atoms with E-state index in [2.05, 4.69) is 46.3 Å². The van der Waals surface area contributed by atoms with E-state index >= 15 is 0 Å². The summed E-state index contributed by atoms with van der Waals surface area (Å²) in [5.41, 5.74) is 12.4. The minimum atomic E-state index is -0.567. The van der Waals surface area contributed by atoms with E-state index in [-0.39, 0.29) is 6.23 Å². The summed E-state index contributed by atoms with van der Waals surface area (Å²) < 4.78 is 8.31. The van der Waals surface area contributed by atoms with E-state index in [4.69, 9.17) is 15.5 Å². The van der Waals surface area contributed by atoms with Crippen LogP contribution < -0.4 is 11.2 Å². The lowest BCUT2D eigenvalue weighted by molar-refractivity contribution is 0.0992. The second-order valence-electron chi connectivity index (χ2n) is 7.57. The Hall–Kier alpha value is -2.86. The molecule has 1 aliphatic heterocycles. The summed E-state index contributed by atoms with van der Waals surface area (Å²) in [5, 5.41) is 4.39. The summed E-state index contributed by atoms with van der Waals surface area (Å²) in [6.45, 7) is 4.90. The molecular formula is C22H27N5O. The van der Waals surface area contributed by atoms with Crippen molar-refractivity contribution in [2.45, 2.75) is 51.4 Å². The molecule has 0 radical (unpaired) electrons. The first kappa shape index (κ1) is 18.5. The van der Waals surface area contributed by atoms with Crippen LogP contribution in [0, 0.1) is 0 Å². The molecule has 0 aliphatic carbocycles. The molecule has 0 spiro atoms. The first-order valence-corrected chi connectivity index (χ1v) is 9.82. The second-order valence-corrected chi connectivity index (χ2v) is 7.57. The van der Waals surface area contributed by atoms with E-state index in [0.717, 1.165) is 29.8 Å². The third-order valence-electron chi connectivity index (χ3n) is 5.19. The Bertz CT molecular complexity index is 977. The Morgan fingerprint density at radius 2 is 1.89 bits per heavy atom. The first-order chi connectivity index (χ1) is 13.6. The number of aromatic nitrogens is 2. The van der Waals surface area contributed by atoms with Crippen LogP contribution in [0.1, 0.15) is 31.7 Å². The molecule has 0 saturated heterocycles. The Kier molecular flexibility index (Phi) is 5.05. The molecule has 2 atom stereocenters. The van der Waals surface area contributed by atoms with E-state index in [1.165, 1.54) is 5.56 Å². The predicted octanol–water partition coefficient (Wildman–Crippen LogP) is 3.21. The molecule has 2 aromatic carbocycles. The molecule has 2 heterocycles. The molecule has 0 amide bonds. The molecule has 6 heteroatoms. The molecule has 28 heavy (non-hydrogen) atoms. The number of hydrazone groups is 1. The summed E-state index contributed by atoms with van der Waals surface area (Å²) in [5.74, 6) is 1.77. The van der Waals surface area contributed by atoms with Crippen molar-refractivity contribution in [3.8, 4) is 0 Å². The van der Waals surface area contributed by atoms with Crippen LogP contribution in [0.3, 0.4) is 0 Å². The number of para-hydroxylation sites is 2. The molecule has 4 rings (SSSR count). The van der Waals surface area contributed by atoms with Gasteiger partial charge in [0, 0.05) is 19.4 Å². The summed E-state index contributed by atoms with van der Waals surface area (Å²) in [4.78, 5) is 4.72. The number of hydrogen-bond donors (Lipinski definition) is 2. The lowest BCUT2D eigenvalue weighted by Crippen LogP contribution is -2.55. The Morgan fingerprint density at radius 3 is 2.68 bits per heavy atom. The summed E-state index contributed by atoms with van der Waals surface area (Å²) in [7, 11) is 0. The highest BCUT2D eigenvalue weighted by molar-refractivity contribution is 5.78. The Labute approximate surface area is 165 Å². The van der Waals surface area contributed by atoms with Crippen molar-refractivity contribution in [1.82, 2.24) is 15.0 Å². The number of hydrogen-bond acceptors (Lipinski definition) is 5. The zero-order valence-corrected chi connectivity index (χ0v) is 16.4. The number of nitrogens with two attached hydrogens (primary N) is 1. The van der Waals surface area contributed by atoms with Crippen LogP contribution in [0.5, 0.6) is 0 Å². The van der Waals surface area contributed by atoms with Gasteiger partial charge in [-0.15, -0.1) is 5.10 Å². The van der Waals surface area contributed by atoms with Crippen LogP contribution in [-0.4, -0.2) is 27.2 Å². The number of ether oxygens (including phenoxy) is 1. The fourth-order valence-corrected chi connectivity index (χ4v) is 3.70. The van der Waals surface area contributed by atoms with Crippen LogP contribution >= 0.6 is 0 Å². The number of nitrogens with zero attached hydrogens (tertiary/aromatic N) is 3. The lowest BCUT2D eigenvalue weighted by atomic mass is 9.92. The normalized spacial score (nSPS) is 18.4. The number of aryl methyl sites for hydroxylation is 2. The molecule has 146 valence electrons. The van der Waals surface area contributed by atoms with Gasteiger partial charge in [-0.3, -0.25) is 5.43 Å². The van der Waals surface area contributed by atoms with Crippen molar-refractivity contribution in [1.29, 1.82) is 0 Å². The summed E-state index contributed by atoms with van der Waals surface area (Å²) in [6.07, 6.45) is 1.95. The zero-order valence-electron chi connectivity index (χ0n) is 16.4. The quantitative estimate of drug-likeness (QED) is 0.663. The van der Waals surface area contributed by atoms with Gasteiger partial charge in [-0.05, 0) is 31.0 Å². The van der Waals surface area contributed by atoms with Crippen molar-refractivity contribution in [3.63, 3.8) is 0 Å². The van der Waals surface area contributed by atoms with Crippen LogP contribution in [0.15, 0.2) is 59.7 Å². The molecule has 0 fully saturated rings. The minimum absolute atomic E-state index is 0.340. The van der Waals surface area contributed by atoms with Gasteiger partial charge in [-0.1, -0.05) is 49.4 Å². The van der Waals surface area contributed by atoms with E-state index in [1.807, 2.05) is 37.3 Å². The maximum Gasteiger partial charge on any atom is 0.209 e. The fourth-order valence-electron chi connectivity index (χ4n) is 3.70. The maximum absolute atomic E-state index is 6.55. The van der Waals surface area contributed by atoms with Crippen molar-refractivity contribution >= 4 is 16.9 Å². The lowest BCUT2D eigenvalue weighted by Gasteiger charge is -2.30. The monoisotopic (exact) mass is 377 g/mol. The van der Waals surface area contributed by atoms with Gasteiger partial charge >= 0.3 is 0 Å². The number of rotatable bonds is 7. The molecule has 6 nitrogen and oxygen atoms in total. The highest BCUT2D eigenvalue weighted by atomic mass is 16.5. The molecule has 3 N–H and O–H groups in total. The van der Waals surface area contributed by atoms with Crippen LogP contribution in [0.2, 0.25) is 0 Å². The summed E-state index contributed by atoms with van der Waals surface area (Å²) >= 11 is 0. The van der Waals surface area contributed by atoms with Gasteiger partial charge < -0.3 is 15.0 Å².